The normalized spacial score (nSPS) is 11.4. The number of esters is 1. The Morgan fingerprint density at radius 2 is 1.68 bits per heavy atom. The minimum absolute atomic E-state index is 0.0340. The van der Waals surface area contributed by atoms with E-state index in [2.05, 4.69) is 15.8 Å². The van der Waals surface area contributed by atoms with Crippen molar-refractivity contribution in [3.63, 3.8) is 0 Å². The van der Waals surface area contributed by atoms with Crippen molar-refractivity contribution in [1.82, 2.24) is 5.32 Å². The van der Waals surface area contributed by atoms with Crippen molar-refractivity contribution in [3.8, 4) is 0 Å². The summed E-state index contributed by atoms with van der Waals surface area (Å²) >= 11 is 0. The standard InChI is InChI=1S/C10H16N2O6.C2HF3O2/c1-18-9(16)3-2-6(13)5-12-10(17)7(11)4-8(14)15;3-2(4,5)1(6)7/h7H,2-5,11H2,1H3,(H,12,17)(H,14,15);(H,6,7)/t7-;/m0./s1. The SMILES string of the molecule is COC(=O)CCC(=O)CNC(=O)[C@@H]([NH3+])CC(=O)O.O=C([O-])C(F)(F)F. The second-order valence-electron chi connectivity index (χ2n) is 4.41. The number of quaternary nitrogens is 1. The number of Topliss-reactive ketones (excluding diaryl/α,β-unsaturated/α-hetero) is 1. The van der Waals surface area contributed by atoms with E-state index in [1.165, 1.54) is 7.11 Å². The molecule has 0 aromatic carbocycles. The minimum Gasteiger partial charge on any atom is -0.542 e. The number of ether oxygens (including phenoxy) is 1. The highest BCUT2D eigenvalue weighted by atomic mass is 19.4. The minimum atomic E-state index is -5.19. The third-order valence-electron chi connectivity index (χ3n) is 2.32. The molecule has 0 spiro atoms. The predicted molar refractivity (Wildman–Crippen MR) is 69.3 cm³/mol. The number of hydrogen-bond acceptors (Lipinski definition) is 7. The van der Waals surface area contributed by atoms with Gasteiger partial charge in [0.1, 0.15) is 12.4 Å². The molecule has 0 saturated carbocycles. The first kappa shape index (κ1) is 24.6. The van der Waals surface area contributed by atoms with Crippen LogP contribution in [0.2, 0.25) is 0 Å². The predicted octanol–water partition coefficient (Wildman–Crippen LogP) is -2.99. The first-order valence-electron chi connectivity index (χ1n) is 6.50. The number of nitrogens with one attached hydrogen (secondary N) is 1. The van der Waals surface area contributed by atoms with E-state index in [0.29, 0.717) is 0 Å². The summed E-state index contributed by atoms with van der Waals surface area (Å²) in [5, 5.41) is 19.5. The maximum absolute atomic E-state index is 11.3. The number of hydrogen-bond donors (Lipinski definition) is 3. The fraction of sp³-hybridized carbons (Fsp3) is 0.583. The average molecular weight is 374 g/mol. The van der Waals surface area contributed by atoms with Gasteiger partial charge in [0.25, 0.3) is 5.91 Å². The lowest BCUT2D eigenvalue weighted by atomic mass is 10.2. The summed E-state index contributed by atoms with van der Waals surface area (Å²) in [4.78, 5) is 52.4. The van der Waals surface area contributed by atoms with Crippen LogP contribution in [-0.4, -0.2) is 60.6 Å². The van der Waals surface area contributed by atoms with Crippen molar-refractivity contribution in [2.24, 2.45) is 0 Å². The van der Waals surface area contributed by atoms with Crippen LogP contribution in [-0.2, 0) is 28.7 Å². The van der Waals surface area contributed by atoms with Crippen LogP contribution in [0, 0.1) is 0 Å². The number of carbonyl (C=O) groups is 5. The highest BCUT2D eigenvalue weighted by molar-refractivity contribution is 5.90. The summed E-state index contributed by atoms with van der Waals surface area (Å²) in [5.74, 6) is -5.59. The molecule has 0 aromatic rings. The Bertz CT molecular complexity index is 507. The lowest BCUT2D eigenvalue weighted by Crippen LogP contribution is -2.68. The summed E-state index contributed by atoms with van der Waals surface area (Å²) in [6.07, 6.45) is -5.68. The number of rotatable bonds is 8. The van der Waals surface area contributed by atoms with E-state index < -0.39 is 42.5 Å². The van der Waals surface area contributed by atoms with Crippen molar-refractivity contribution in [2.75, 3.05) is 13.7 Å². The molecule has 1 atom stereocenters. The van der Waals surface area contributed by atoms with Gasteiger partial charge in [-0.15, -0.1) is 0 Å². The fourth-order valence-electron chi connectivity index (χ4n) is 1.07. The molecule has 0 heterocycles. The number of ketones is 1. The number of carbonyl (C=O) groups excluding carboxylic acids is 4. The van der Waals surface area contributed by atoms with Gasteiger partial charge in [-0.25, -0.2) is 0 Å². The number of methoxy groups -OCH3 is 1. The van der Waals surface area contributed by atoms with Crippen LogP contribution >= 0.6 is 0 Å². The number of alkyl halides is 3. The maximum atomic E-state index is 11.3. The third kappa shape index (κ3) is 14.6. The lowest BCUT2D eigenvalue weighted by Gasteiger charge is -2.07. The molecule has 0 aliphatic heterocycles. The Hall–Kier alpha value is -2.70. The fourth-order valence-corrected chi connectivity index (χ4v) is 1.07. The number of carboxylic acid groups (broad SMARTS) is 2. The van der Waals surface area contributed by atoms with Crippen LogP contribution in [0.1, 0.15) is 19.3 Å². The highest BCUT2D eigenvalue weighted by Crippen LogP contribution is 2.11. The van der Waals surface area contributed by atoms with Gasteiger partial charge >= 0.3 is 18.1 Å². The molecule has 0 aliphatic carbocycles. The first-order valence-corrected chi connectivity index (χ1v) is 6.50. The van der Waals surface area contributed by atoms with E-state index in [1.54, 1.807) is 0 Å². The van der Waals surface area contributed by atoms with E-state index in [4.69, 9.17) is 15.0 Å². The molecule has 25 heavy (non-hydrogen) atoms. The topological polar surface area (TPSA) is 178 Å². The van der Waals surface area contributed by atoms with Gasteiger partial charge in [-0.05, 0) is 0 Å². The van der Waals surface area contributed by atoms with Gasteiger partial charge in [-0.3, -0.25) is 19.2 Å². The van der Waals surface area contributed by atoms with E-state index in [1.807, 2.05) is 0 Å². The van der Waals surface area contributed by atoms with Crippen molar-refractivity contribution in [3.05, 3.63) is 0 Å². The molecule has 13 heteroatoms. The van der Waals surface area contributed by atoms with E-state index >= 15 is 0 Å². The van der Waals surface area contributed by atoms with Gasteiger partial charge in [0, 0.05) is 6.42 Å². The number of amides is 1. The van der Waals surface area contributed by atoms with E-state index in [9.17, 15) is 32.3 Å². The van der Waals surface area contributed by atoms with Crippen molar-refractivity contribution in [2.45, 2.75) is 31.5 Å². The van der Waals surface area contributed by atoms with Crippen molar-refractivity contribution in [1.29, 1.82) is 0 Å². The molecule has 0 fully saturated rings. The van der Waals surface area contributed by atoms with Gasteiger partial charge in [-0.2, -0.15) is 13.2 Å². The lowest BCUT2D eigenvalue weighted by molar-refractivity contribution is -0.403. The summed E-state index contributed by atoms with van der Waals surface area (Å²) < 4.78 is 35.9. The molecule has 5 N–H and O–H groups in total. The quantitative estimate of drug-likeness (QED) is 0.376. The second-order valence-corrected chi connectivity index (χ2v) is 4.41. The van der Waals surface area contributed by atoms with E-state index in [-0.39, 0.29) is 25.2 Å². The van der Waals surface area contributed by atoms with Gasteiger partial charge in [0.15, 0.2) is 11.8 Å². The summed E-state index contributed by atoms with van der Waals surface area (Å²) in [6, 6.07) is -0.948. The largest absolute Gasteiger partial charge is 0.542 e. The molecule has 0 rings (SSSR count). The van der Waals surface area contributed by atoms with Gasteiger partial charge in [-0.1, -0.05) is 0 Å². The first-order chi connectivity index (χ1) is 11.3. The second kappa shape index (κ2) is 11.8. The molecule has 10 nitrogen and oxygen atoms in total. The van der Waals surface area contributed by atoms with E-state index in [0.717, 1.165) is 0 Å². The molecular weight excluding hydrogens is 357 g/mol. The number of halogens is 3. The smallest absolute Gasteiger partial charge is 0.430 e. The Balaban J connectivity index is 0. The van der Waals surface area contributed by atoms with Crippen LogP contribution in [0.5, 0.6) is 0 Å². The Morgan fingerprint density at radius 1 is 1.20 bits per heavy atom. The molecule has 0 radical (unpaired) electrons. The molecule has 0 saturated heterocycles. The monoisotopic (exact) mass is 374 g/mol. The molecular formula is C12H17F3N2O8. The van der Waals surface area contributed by atoms with Gasteiger partial charge < -0.3 is 30.8 Å². The third-order valence-corrected chi connectivity index (χ3v) is 2.32. The summed E-state index contributed by atoms with van der Waals surface area (Å²) in [7, 11) is 1.22. The zero-order valence-corrected chi connectivity index (χ0v) is 13.1. The Morgan fingerprint density at radius 3 is 2.04 bits per heavy atom. The van der Waals surface area contributed by atoms with Crippen LogP contribution in [0.25, 0.3) is 0 Å². The zero-order valence-electron chi connectivity index (χ0n) is 13.1. The van der Waals surface area contributed by atoms with Crippen LogP contribution in [0.3, 0.4) is 0 Å². The Kier molecular flexibility index (Phi) is 11.6. The highest BCUT2D eigenvalue weighted by Gasteiger charge is 2.28. The zero-order chi connectivity index (χ0) is 20.2. The molecule has 0 unspecified atom stereocenters. The van der Waals surface area contributed by atoms with Crippen LogP contribution in [0.15, 0.2) is 0 Å². The molecule has 144 valence electrons. The number of carboxylic acids is 2. The summed E-state index contributed by atoms with van der Waals surface area (Å²) in [6.45, 7) is -0.249. The Labute approximate surface area is 139 Å². The average Bonchev–Trinajstić information content (AvgIpc) is 2.48. The van der Waals surface area contributed by atoms with Crippen LogP contribution in [0.4, 0.5) is 13.2 Å². The van der Waals surface area contributed by atoms with Crippen molar-refractivity contribution >= 4 is 29.6 Å². The molecule has 0 bridgehead atoms. The van der Waals surface area contributed by atoms with Crippen molar-refractivity contribution < 1.29 is 57.8 Å². The molecule has 1 amide bonds. The molecule has 0 aromatic heterocycles. The van der Waals surface area contributed by atoms with Crippen LogP contribution < -0.4 is 16.2 Å². The maximum Gasteiger partial charge on any atom is 0.430 e. The van der Waals surface area contributed by atoms with Gasteiger partial charge in [0.05, 0.1) is 20.1 Å². The summed E-state index contributed by atoms with van der Waals surface area (Å²) in [5.41, 5.74) is 3.37. The molecule has 0 aliphatic rings. The van der Waals surface area contributed by atoms with Gasteiger partial charge in [0.2, 0.25) is 0 Å². The number of aliphatic carboxylic acids is 2.